The van der Waals surface area contributed by atoms with Crippen molar-refractivity contribution in [2.45, 2.75) is 20.4 Å². The van der Waals surface area contributed by atoms with Crippen LogP contribution in [0.2, 0.25) is 0 Å². The maximum Gasteiger partial charge on any atom is 0.282 e. The molecule has 0 spiro atoms. The number of carbonyl (C=O) groups is 2. The number of hydrogen-bond acceptors (Lipinski definition) is 4. The molecule has 1 aromatic heterocycles. The first-order chi connectivity index (χ1) is 12.0. The highest BCUT2D eigenvalue weighted by atomic mass is 16.2. The van der Waals surface area contributed by atoms with Crippen molar-refractivity contribution < 1.29 is 9.59 Å². The second kappa shape index (κ2) is 6.68. The van der Waals surface area contributed by atoms with Crippen molar-refractivity contribution in [2.75, 3.05) is 5.32 Å². The Balaban J connectivity index is 2.03. The van der Waals surface area contributed by atoms with E-state index in [9.17, 15) is 14.4 Å². The van der Waals surface area contributed by atoms with Gasteiger partial charge in [0.1, 0.15) is 0 Å². The van der Waals surface area contributed by atoms with Crippen LogP contribution in [-0.2, 0) is 6.54 Å². The van der Waals surface area contributed by atoms with Crippen molar-refractivity contribution in [1.29, 1.82) is 0 Å². The molecule has 0 unspecified atom stereocenters. The molecular weight excluding hydrogens is 318 g/mol. The van der Waals surface area contributed by atoms with E-state index in [2.05, 4.69) is 10.3 Å². The molecule has 0 saturated carbocycles. The van der Waals surface area contributed by atoms with Gasteiger partial charge in [-0.2, -0.15) is 0 Å². The Kier molecular flexibility index (Phi) is 4.43. The highest BCUT2D eigenvalue weighted by molar-refractivity contribution is 6.04. The molecule has 1 amide bonds. The number of anilines is 1. The number of carbonyl (C=O) groups excluding carboxylic acids is 2. The lowest BCUT2D eigenvalue weighted by molar-refractivity contribution is 0.100. The van der Waals surface area contributed by atoms with E-state index in [0.717, 1.165) is 0 Å². The molecule has 0 bridgehead atoms. The van der Waals surface area contributed by atoms with Gasteiger partial charge in [-0.1, -0.05) is 24.3 Å². The number of nitrogens with one attached hydrogen (secondary N) is 1. The van der Waals surface area contributed by atoms with Crippen molar-refractivity contribution in [3.8, 4) is 0 Å². The van der Waals surface area contributed by atoms with Crippen LogP contribution >= 0.6 is 0 Å². The first kappa shape index (κ1) is 16.6. The first-order valence-electron chi connectivity index (χ1n) is 7.93. The van der Waals surface area contributed by atoms with Crippen LogP contribution in [0.15, 0.2) is 53.3 Å². The minimum Gasteiger partial charge on any atom is -0.320 e. The number of ketones is 1. The third-order valence-corrected chi connectivity index (χ3v) is 3.91. The Hall–Kier alpha value is -3.28. The van der Waals surface area contributed by atoms with E-state index in [-0.39, 0.29) is 11.5 Å². The monoisotopic (exact) mass is 335 g/mol. The number of aryl methyl sites for hydroxylation is 1. The molecule has 3 rings (SSSR count). The standard InChI is InChI=1S/C19H17N3O3/c1-3-22-16-10-5-4-9-15(16)21-17(19(22)25)18(24)20-14-8-6-7-13(11-14)12(2)23/h4-11H,3H2,1-2H3,(H,20,24). The summed E-state index contributed by atoms with van der Waals surface area (Å²) in [6, 6.07) is 13.7. The summed E-state index contributed by atoms with van der Waals surface area (Å²) in [7, 11) is 0. The molecule has 0 atom stereocenters. The summed E-state index contributed by atoms with van der Waals surface area (Å²) in [6.45, 7) is 3.72. The molecule has 3 aromatic rings. The lowest BCUT2D eigenvalue weighted by Crippen LogP contribution is -2.31. The molecule has 0 aliphatic rings. The van der Waals surface area contributed by atoms with Crippen molar-refractivity contribution in [2.24, 2.45) is 0 Å². The van der Waals surface area contributed by atoms with Crippen LogP contribution in [-0.4, -0.2) is 21.2 Å². The quantitative estimate of drug-likeness (QED) is 0.743. The summed E-state index contributed by atoms with van der Waals surface area (Å²) < 4.78 is 1.52. The van der Waals surface area contributed by atoms with Gasteiger partial charge in [-0.25, -0.2) is 4.98 Å². The van der Waals surface area contributed by atoms with Gasteiger partial charge in [0.2, 0.25) is 0 Å². The summed E-state index contributed by atoms with van der Waals surface area (Å²) in [5.74, 6) is -0.702. The van der Waals surface area contributed by atoms with Gasteiger partial charge in [-0.05, 0) is 38.1 Å². The highest BCUT2D eigenvalue weighted by Crippen LogP contribution is 2.13. The van der Waals surface area contributed by atoms with Crippen molar-refractivity contribution in [3.05, 3.63) is 70.1 Å². The lowest BCUT2D eigenvalue weighted by Gasteiger charge is -2.10. The number of para-hydroxylation sites is 2. The molecule has 0 radical (unpaired) electrons. The van der Waals surface area contributed by atoms with E-state index in [1.54, 1.807) is 42.5 Å². The highest BCUT2D eigenvalue weighted by Gasteiger charge is 2.17. The third-order valence-electron chi connectivity index (χ3n) is 3.91. The molecule has 2 aromatic carbocycles. The van der Waals surface area contributed by atoms with E-state index >= 15 is 0 Å². The van der Waals surface area contributed by atoms with Gasteiger partial charge in [-0.3, -0.25) is 14.4 Å². The summed E-state index contributed by atoms with van der Waals surface area (Å²) in [5, 5.41) is 2.64. The Bertz CT molecular complexity index is 1040. The topological polar surface area (TPSA) is 81.1 Å². The van der Waals surface area contributed by atoms with Crippen LogP contribution in [0.3, 0.4) is 0 Å². The summed E-state index contributed by atoms with van der Waals surface area (Å²) in [6.07, 6.45) is 0. The van der Waals surface area contributed by atoms with Crippen molar-refractivity contribution >= 4 is 28.4 Å². The zero-order valence-electron chi connectivity index (χ0n) is 13.9. The second-order valence-electron chi connectivity index (χ2n) is 5.59. The summed E-state index contributed by atoms with van der Waals surface area (Å²) in [5.41, 5.74) is 1.57. The summed E-state index contributed by atoms with van der Waals surface area (Å²) >= 11 is 0. The van der Waals surface area contributed by atoms with Gasteiger partial charge < -0.3 is 9.88 Å². The fourth-order valence-electron chi connectivity index (χ4n) is 2.66. The maximum atomic E-state index is 12.6. The van der Waals surface area contributed by atoms with Gasteiger partial charge >= 0.3 is 0 Å². The molecule has 0 aliphatic carbocycles. The maximum absolute atomic E-state index is 12.6. The number of amides is 1. The third kappa shape index (κ3) is 3.19. The van der Waals surface area contributed by atoms with E-state index < -0.39 is 11.5 Å². The molecule has 0 aliphatic heterocycles. The number of aromatic nitrogens is 2. The van der Waals surface area contributed by atoms with Gasteiger partial charge in [0, 0.05) is 17.8 Å². The van der Waals surface area contributed by atoms with Gasteiger partial charge in [-0.15, -0.1) is 0 Å². The Morgan fingerprint density at radius 1 is 1.12 bits per heavy atom. The normalized spacial score (nSPS) is 10.6. The number of benzene rings is 2. The predicted octanol–water partition coefficient (Wildman–Crippen LogP) is 2.87. The number of Topliss-reactive ketones (excluding diaryl/α,β-unsaturated/α-hetero) is 1. The molecule has 1 N–H and O–H groups in total. The summed E-state index contributed by atoms with van der Waals surface area (Å²) in [4.78, 5) is 40.8. The molecular formula is C19H17N3O3. The van der Waals surface area contributed by atoms with Crippen molar-refractivity contribution in [1.82, 2.24) is 9.55 Å². The molecule has 0 saturated heterocycles. The minimum absolute atomic E-state index is 0.103. The van der Waals surface area contributed by atoms with Crippen LogP contribution in [0.5, 0.6) is 0 Å². The van der Waals surface area contributed by atoms with Crippen LogP contribution < -0.4 is 10.9 Å². The molecule has 1 heterocycles. The average Bonchev–Trinajstić information content (AvgIpc) is 2.61. The van der Waals surface area contributed by atoms with Crippen molar-refractivity contribution in [3.63, 3.8) is 0 Å². The fraction of sp³-hybridized carbons (Fsp3) is 0.158. The van der Waals surface area contributed by atoms with Gasteiger partial charge in [0.15, 0.2) is 11.5 Å². The van der Waals surface area contributed by atoms with Crippen LogP contribution in [0.4, 0.5) is 5.69 Å². The Labute approximate surface area is 144 Å². The molecule has 0 fully saturated rings. The number of fused-ring (bicyclic) bond motifs is 1. The second-order valence-corrected chi connectivity index (χ2v) is 5.59. The smallest absolute Gasteiger partial charge is 0.282 e. The number of rotatable bonds is 4. The van der Waals surface area contributed by atoms with Crippen LogP contribution in [0.25, 0.3) is 11.0 Å². The van der Waals surface area contributed by atoms with Crippen LogP contribution in [0.1, 0.15) is 34.7 Å². The molecule has 6 nitrogen and oxygen atoms in total. The minimum atomic E-state index is -0.598. The average molecular weight is 335 g/mol. The first-order valence-corrected chi connectivity index (χ1v) is 7.93. The zero-order valence-corrected chi connectivity index (χ0v) is 13.9. The Morgan fingerprint density at radius 3 is 2.60 bits per heavy atom. The SMILES string of the molecule is CCn1c(=O)c(C(=O)Nc2cccc(C(C)=O)c2)nc2ccccc21. The van der Waals surface area contributed by atoms with Gasteiger partial charge in [0.05, 0.1) is 11.0 Å². The lowest BCUT2D eigenvalue weighted by atomic mass is 10.1. The molecule has 25 heavy (non-hydrogen) atoms. The largest absolute Gasteiger partial charge is 0.320 e. The van der Waals surface area contributed by atoms with E-state index in [1.807, 2.05) is 13.0 Å². The van der Waals surface area contributed by atoms with Gasteiger partial charge in [0.25, 0.3) is 11.5 Å². The number of nitrogens with zero attached hydrogens (tertiary/aromatic N) is 2. The van der Waals surface area contributed by atoms with E-state index in [1.165, 1.54) is 11.5 Å². The van der Waals surface area contributed by atoms with Crippen LogP contribution in [0, 0.1) is 0 Å². The fourth-order valence-corrected chi connectivity index (χ4v) is 2.66. The number of hydrogen-bond donors (Lipinski definition) is 1. The van der Waals surface area contributed by atoms with E-state index in [4.69, 9.17) is 0 Å². The Morgan fingerprint density at radius 2 is 1.88 bits per heavy atom. The molecule has 126 valence electrons. The predicted molar refractivity (Wildman–Crippen MR) is 96.1 cm³/mol. The zero-order chi connectivity index (χ0) is 18.0. The molecule has 6 heteroatoms. The van der Waals surface area contributed by atoms with E-state index in [0.29, 0.717) is 28.8 Å².